The Morgan fingerprint density at radius 1 is 1.47 bits per heavy atom. The van der Waals surface area contributed by atoms with Gasteiger partial charge in [0.05, 0.1) is 9.89 Å². The van der Waals surface area contributed by atoms with Crippen LogP contribution in [0.3, 0.4) is 0 Å². The van der Waals surface area contributed by atoms with Crippen LogP contribution in [0.15, 0.2) is 15.9 Å². The molecule has 0 radical (unpaired) electrons. The number of halogens is 1. The highest BCUT2D eigenvalue weighted by Gasteiger charge is 2.21. The number of rotatable bonds is 5. The van der Waals surface area contributed by atoms with Crippen molar-refractivity contribution >= 4 is 27.3 Å². The summed E-state index contributed by atoms with van der Waals surface area (Å²) in [6, 6.07) is 4.06. The molecule has 15 heavy (non-hydrogen) atoms. The lowest BCUT2D eigenvalue weighted by atomic mass is 9.88. The topological polar surface area (TPSA) is 46.2 Å². The summed E-state index contributed by atoms with van der Waals surface area (Å²) >= 11 is 5.09. The standard InChI is InChI=1S/C11H18BrNOS/c1-7(2)9(6-13)10(14)5-8-3-4-11(12)15-8/h3-4,7,9-10,14H,5-6,13H2,1-2H3. The van der Waals surface area contributed by atoms with Gasteiger partial charge in [-0.15, -0.1) is 11.3 Å². The van der Waals surface area contributed by atoms with Crippen LogP contribution in [-0.4, -0.2) is 17.8 Å². The molecule has 0 aromatic carbocycles. The van der Waals surface area contributed by atoms with E-state index in [9.17, 15) is 5.11 Å². The first kappa shape index (κ1) is 13.2. The zero-order valence-electron chi connectivity index (χ0n) is 9.11. The van der Waals surface area contributed by atoms with Crippen molar-refractivity contribution in [2.75, 3.05) is 6.54 Å². The van der Waals surface area contributed by atoms with Crippen LogP contribution >= 0.6 is 27.3 Å². The lowest BCUT2D eigenvalue weighted by Crippen LogP contribution is -2.33. The molecule has 0 saturated carbocycles. The number of thiophene rings is 1. The molecule has 86 valence electrons. The van der Waals surface area contributed by atoms with Crippen molar-refractivity contribution in [3.63, 3.8) is 0 Å². The largest absolute Gasteiger partial charge is 0.392 e. The Morgan fingerprint density at radius 2 is 2.13 bits per heavy atom. The van der Waals surface area contributed by atoms with Crippen LogP contribution in [0, 0.1) is 11.8 Å². The third-order valence-corrected chi connectivity index (χ3v) is 4.31. The quantitative estimate of drug-likeness (QED) is 0.876. The fourth-order valence-electron chi connectivity index (χ4n) is 1.69. The van der Waals surface area contributed by atoms with E-state index in [0.29, 0.717) is 18.9 Å². The molecule has 1 aromatic rings. The Hall–Kier alpha value is 0.1000. The fraction of sp³-hybridized carbons (Fsp3) is 0.636. The maximum absolute atomic E-state index is 10.1. The molecule has 0 aliphatic rings. The molecule has 2 unspecified atom stereocenters. The minimum Gasteiger partial charge on any atom is -0.392 e. The highest BCUT2D eigenvalue weighted by molar-refractivity contribution is 9.11. The van der Waals surface area contributed by atoms with Gasteiger partial charge in [-0.2, -0.15) is 0 Å². The molecule has 1 rings (SSSR count). The van der Waals surface area contributed by atoms with Crippen LogP contribution in [0.2, 0.25) is 0 Å². The van der Waals surface area contributed by atoms with Crippen molar-refractivity contribution in [2.24, 2.45) is 17.6 Å². The first-order valence-corrected chi connectivity index (χ1v) is 6.78. The van der Waals surface area contributed by atoms with E-state index in [4.69, 9.17) is 5.73 Å². The highest BCUT2D eigenvalue weighted by atomic mass is 79.9. The molecule has 2 nitrogen and oxygen atoms in total. The summed E-state index contributed by atoms with van der Waals surface area (Å²) in [5, 5.41) is 10.1. The molecular weight excluding hydrogens is 274 g/mol. The minimum atomic E-state index is -0.333. The van der Waals surface area contributed by atoms with E-state index >= 15 is 0 Å². The maximum Gasteiger partial charge on any atom is 0.0701 e. The summed E-state index contributed by atoms with van der Waals surface area (Å²) in [6.07, 6.45) is 0.372. The van der Waals surface area contributed by atoms with Gasteiger partial charge >= 0.3 is 0 Å². The molecule has 0 bridgehead atoms. The zero-order valence-corrected chi connectivity index (χ0v) is 11.5. The van der Waals surface area contributed by atoms with Crippen molar-refractivity contribution in [3.05, 3.63) is 20.8 Å². The molecule has 3 N–H and O–H groups in total. The Labute approximate surface area is 104 Å². The van der Waals surface area contributed by atoms with Crippen LogP contribution in [-0.2, 0) is 6.42 Å². The van der Waals surface area contributed by atoms with Gasteiger partial charge in [0.2, 0.25) is 0 Å². The smallest absolute Gasteiger partial charge is 0.0701 e. The Balaban J connectivity index is 2.57. The molecule has 4 heteroatoms. The van der Waals surface area contributed by atoms with Crippen molar-refractivity contribution in [3.8, 4) is 0 Å². The molecule has 2 atom stereocenters. The van der Waals surface area contributed by atoms with Gasteiger partial charge in [0, 0.05) is 11.3 Å². The summed E-state index contributed by atoms with van der Waals surface area (Å²) in [5.74, 6) is 0.610. The Morgan fingerprint density at radius 3 is 2.53 bits per heavy atom. The van der Waals surface area contributed by atoms with E-state index < -0.39 is 0 Å². The molecule has 0 spiro atoms. The third-order valence-electron chi connectivity index (χ3n) is 2.66. The van der Waals surface area contributed by atoms with Gasteiger partial charge < -0.3 is 10.8 Å². The van der Waals surface area contributed by atoms with E-state index in [2.05, 4.69) is 29.8 Å². The predicted molar refractivity (Wildman–Crippen MR) is 69.1 cm³/mol. The van der Waals surface area contributed by atoms with Crippen LogP contribution in [0.1, 0.15) is 18.7 Å². The number of hydrogen-bond donors (Lipinski definition) is 2. The van der Waals surface area contributed by atoms with Crippen LogP contribution in [0.5, 0.6) is 0 Å². The second kappa shape index (κ2) is 5.99. The SMILES string of the molecule is CC(C)C(CN)C(O)Cc1ccc(Br)s1. The minimum absolute atomic E-state index is 0.186. The first-order chi connectivity index (χ1) is 7.04. The summed E-state index contributed by atoms with van der Waals surface area (Å²) in [7, 11) is 0. The van der Waals surface area contributed by atoms with Gasteiger partial charge in [0.1, 0.15) is 0 Å². The van der Waals surface area contributed by atoms with Gasteiger partial charge in [-0.3, -0.25) is 0 Å². The van der Waals surface area contributed by atoms with Crippen LogP contribution < -0.4 is 5.73 Å². The van der Waals surface area contributed by atoms with Crippen molar-refractivity contribution in [1.82, 2.24) is 0 Å². The molecule has 1 aromatic heterocycles. The number of hydrogen-bond acceptors (Lipinski definition) is 3. The maximum atomic E-state index is 10.1. The normalized spacial score (nSPS) is 15.6. The van der Waals surface area contributed by atoms with Gasteiger partial charge in [-0.05, 0) is 46.4 Å². The third kappa shape index (κ3) is 3.87. The average Bonchev–Trinajstić information content (AvgIpc) is 2.51. The van der Waals surface area contributed by atoms with E-state index in [1.165, 1.54) is 4.88 Å². The molecule has 0 aliphatic carbocycles. The number of nitrogens with two attached hydrogens (primary N) is 1. The van der Waals surface area contributed by atoms with Crippen molar-refractivity contribution < 1.29 is 5.11 Å². The molecular formula is C11H18BrNOS. The van der Waals surface area contributed by atoms with Crippen molar-refractivity contribution in [1.29, 1.82) is 0 Å². The summed E-state index contributed by atoms with van der Waals surface area (Å²) in [5.41, 5.74) is 5.67. The predicted octanol–water partition coefficient (Wildman–Crippen LogP) is 2.64. The Kier molecular flexibility index (Phi) is 5.26. The molecule has 0 amide bonds. The lowest BCUT2D eigenvalue weighted by Gasteiger charge is -2.24. The Bertz CT molecular complexity index is 301. The number of aliphatic hydroxyl groups excluding tert-OH is 1. The monoisotopic (exact) mass is 291 g/mol. The highest BCUT2D eigenvalue weighted by Crippen LogP contribution is 2.25. The molecule has 0 fully saturated rings. The molecule has 0 aliphatic heterocycles. The lowest BCUT2D eigenvalue weighted by molar-refractivity contribution is 0.0870. The van der Waals surface area contributed by atoms with Crippen LogP contribution in [0.4, 0.5) is 0 Å². The van der Waals surface area contributed by atoms with Crippen molar-refractivity contribution in [2.45, 2.75) is 26.4 Å². The second-order valence-corrected chi connectivity index (χ2v) is 6.67. The molecule has 0 saturated heterocycles. The summed E-state index contributed by atoms with van der Waals surface area (Å²) in [4.78, 5) is 1.20. The zero-order chi connectivity index (χ0) is 11.4. The van der Waals surface area contributed by atoms with Gasteiger partial charge in [0.15, 0.2) is 0 Å². The molecule has 1 heterocycles. The van der Waals surface area contributed by atoms with E-state index in [1.54, 1.807) is 11.3 Å². The van der Waals surface area contributed by atoms with Gasteiger partial charge in [-0.1, -0.05) is 13.8 Å². The van der Waals surface area contributed by atoms with E-state index in [0.717, 1.165) is 3.79 Å². The van der Waals surface area contributed by atoms with Gasteiger partial charge in [-0.25, -0.2) is 0 Å². The second-order valence-electron chi connectivity index (χ2n) is 4.12. The first-order valence-electron chi connectivity index (χ1n) is 5.17. The average molecular weight is 292 g/mol. The van der Waals surface area contributed by atoms with Gasteiger partial charge in [0.25, 0.3) is 0 Å². The summed E-state index contributed by atoms with van der Waals surface area (Å²) < 4.78 is 1.11. The number of aliphatic hydroxyl groups is 1. The van der Waals surface area contributed by atoms with E-state index in [1.807, 2.05) is 12.1 Å². The van der Waals surface area contributed by atoms with E-state index in [-0.39, 0.29) is 12.0 Å². The fourth-order valence-corrected chi connectivity index (χ4v) is 3.23. The summed E-state index contributed by atoms with van der Waals surface area (Å²) in [6.45, 7) is 4.75. The van der Waals surface area contributed by atoms with Crippen LogP contribution in [0.25, 0.3) is 0 Å².